The Morgan fingerprint density at radius 3 is 3.14 bits per heavy atom. The van der Waals surface area contributed by atoms with Gasteiger partial charge in [-0.25, -0.2) is 0 Å². The van der Waals surface area contributed by atoms with Crippen molar-refractivity contribution in [1.29, 1.82) is 0 Å². The van der Waals surface area contributed by atoms with Gasteiger partial charge in [-0.05, 0) is 32.9 Å². The van der Waals surface area contributed by atoms with Crippen LogP contribution in [0.2, 0.25) is 0 Å². The summed E-state index contributed by atoms with van der Waals surface area (Å²) in [7, 11) is 2.12. The minimum atomic E-state index is -0.0829. The van der Waals surface area contributed by atoms with E-state index in [4.69, 9.17) is 5.73 Å². The van der Waals surface area contributed by atoms with Gasteiger partial charge in [0.05, 0.1) is 17.7 Å². The molecule has 1 fully saturated rings. The number of nitrogens with zero attached hydrogens (tertiary/aromatic N) is 2. The topological polar surface area (TPSA) is 71.2 Å². The molecule has 0 aliphatic carbocycles. The molecular weight excluding hydrogens is 264 g/mol. The number of rotatable bonds is 2. The molecule has 2 rings (SSSR count). The van der Waals surface area contributed by atoms with Gasteiger partial charge in [0.2, 0.25) is 0 Å². The van der Waals surface area contributed by atoms with Gasteiger partial charge >= 0.3 is 0 Å². The Morgan fingerprint density at radius 1 is 1.62 bits per heavy atom. The molecule has 112 valence electrons. The van der Waals surface area contributed by atoms with E-state index in [0.29, 0.717) is 17.2 Å². The van der Waals surface area contributed by atoms with E-state index in [9.17, 15) is 4.79 Å². The van der Waals surface area contributed by atoms with Crippen molar-refractivity contribution in [3.63, 3.8) is 0 Å². The standard InChI is InChI=1S/C16H22N4O/c1-12-10-14(6-9-20(12)2)19-16(21)15-5-8-18-11-13(15)4-3-7-17/h5,8,11-12,14H,6-7,9-10,17H2,1-2H3,(H,19,21). The lowest BCUT2D eigenvalue weighted by Gasteiger charge is -2.35. The summed E-state index contributed by atoms with van der Waals surface area (Å²) >= 11 is 0. The molecule has 0 bridgehead atoms. The highest BCUT2D eigenvalue weighted by atomic mass is 16.1. The number of aromatic nitrogens is 1. The lowest BCUT2D eigenvalue weighted by molar-refractivity contribution is 0.0896. The molecule has 5 nitrogen and oxygen atoms in total. The van der Waals surface area contributed by atoms with Crippen molar-refractivity contribution in [3.05, 3.63) is 29.6 Å². The highest BCUT2D eigenvalue weighted by Gasteiger charge is 2.24. The molecule has 0 aromatic carbocycles. The number of pyridine rings is 1. The predicted molar refractivity (Wildman–Crippen MR) is 82.7 cm³/mol. The predicted octanol–water partition coefficient (Wildman–Crippen LogP) is 0.604. The molecule has 21 heavy (non-hydrogen) atoms. The van der Waals surface area contributed by atoms with Gasteiger partial charge in [0.1, 0.15) is 0 Å². The number of carbonyl (C=O) groups excluding carboxylic acids is 1. The first-order valence-corrected chi connectivity index (χ1v) is 7.26. The van der Waals surface area contributed by atoms with Gasteiger partial charge < -0.3 is 16.0 Å². The van der Waals surface area contributed by atoms with E-state index >= 15 is 0 Å². The molecule has 0 radical (unpaired) electrons. The van der Waals surface area contributed by atoms with Crippen molar-refractivity contribution in [2.45, 2.75) is 31.8 Å². The summed E-state index contributed by atoms with van der Waals surface area (Å²) in [6, 6.07) is 2.40. The summed E-state index contributed by atoms with van der Waals surface area (Å²) in [5, 5.41) is 3.11. The van der Waals surface area contributed by atoms with E-state index in [1.807, 2.05) is 0 Å². The maximum Gasteiger partial charge on any atom is 0.252 e. The van der Waals surface area contributed by atoms with Crippen molar-refractivity contribution < 1.29 is 4.79 Å². The third-order valence-electron chi connectivity index (χ3n) is 3.93. The molecule has 2 atom stereocenters. The Hall–Kier alpha value is -1.90. The number of hydrogen-bond donors (Lipinski definition) is 2. The monoisotopic (exact) mass is 286 g/mol. The fourth-order valence-corrected chi connectivity index (χ4v) is 2.52. The van der Waals surface area contributed by atoms with Crippen LogP contribution in [-0.4, -0.2) is 48.0 Å². The van der Waals surface area contributed by atoms with E-state index < -0.39 is 0 Å². The Labute approximate surface area is 125 Å². The maximum atomic E-state index is 12.4. The van der Waals surface area contributed by atoms with Crippen molar-refractivity contribution in [3.8, 4) is 11.8 Å². The van der Waals surface area contributed by atoms with Crippen molar-refractivity contribution in [2.24, 2.45) is 5.73 Å². The molecule has 1 aromatic rings. The van der Waals surface area contributed by atoms with Crippen LogP contribution in [0.15, 0.2) is 18.5 Å². The van der Waals surface area contributed by atoms with Gasteiger partial charge in [0.25, 0.3) is 5.91 Å². The molecular formula is C16H22N4O. The third-order valence-corrected chi connectivity index (χ3v) is 3.93. The highest BCUT2D eigenvalue weighted by molar-refractivity contribution is 5.96. The second kappa shape index (κ2) is 7.21. The number of likely N-dealkylation sites (tertiary alicyclic amines) is 1. The van der Waals surface area contributed by atoms with Crippen LogP contribution in [0.3, 0.4) is 0 Å². The SMILES string of the molecule is CC1CC(NC(=O)c2ccncc2C#CCN)CCN1C. The van der Waals surface area contributed by atoms with E-state index in [2.05, 4.69) is 41.0 Å². The Morgan fingerprint density at radius 2 is 2.43 bits per heavy atom. The first kappa shape index (κ1) is 15.5. The summed E-state index contributed by atoms with van der Waals surface area (Å²) in [5.74, 6) is 5.58. The van der Waals surface area contributed by atoms with E-state index in [0.717, 1.165) is 19.4 Å². The molecule has 3 N–H and O–H groups in total. The second-order valence-electron chi connectivity index (χ2n) is 5.45. The summed E-state index contributed by atoms with van der Waals surface area (Å²) in [4.78, 5) is 18.8. The second-order valence-corrected chi connectivity index (χ2v) is 5.45. The highest BCUT2D eigenvalue weighted by Crippen LogP contribution is 2.16. The van der Waals surface area contributed by atoms with Crippen LogP contribution < -0.4 is 11.1 Å². The molecule has 1 aliphatic heterocycles. The van der Waals surface area contributed by atoms with Crippen LogP contribution in [-0.2, 0) is 0 Å². The summed E-state index contributed by atoms with van der Waals surface area (Å²) < 4.78 is 0. The van der Waals surface area contributed by atoms with E-state index in [1.54, 1.807) is 18.5 Å². The summed E-state index contributed by atoms with van der Waals surface area (Å²) in [5.41, 5.74) is 6.57. The van der Waals surface area contributed by atoms with Crippen LogP contribution in [0.25, 0.3) is 0 Å². The number of amides is 1. The zero-order valence-corrected chi connectivity index (χ0v) is 12.6. The number of carbonyl (C=O) groups is 1. The number of nitrogens with one attached hydrogen (secondary N) is 1. The van der Waals surface area contributed by atoms with Crippen LogP contribution in [0.5, 0.6) is 0 Å². The molecule has 1 aliphatic rings. The molecule has 1 aromatic heterocycles. The Balaban J connectivity index is 2.07. The van der Waals surface area contributed by atoms with Crippen molar-refractivity contribution in [2.75, 3.05) is 20.1 Å². The molecule has 2 heterocycles. The Kier molecular flexibility index (Phi) is 5.32. The molecule has 0 spiro atoms. The van der Waals surface area contributed by atoms with Crippen molar-refractivity contribution in [1.82, 2.24) is 15.2 Å². The minimum Gasteiger partial charge on any atom is -0.349 e. The fourth-order valence-electron chi connectivity index (χ4n) is 2.52. The molecule has 5 heteroatoms. The van der Waals surface area contributed by atoms with Crippen LogP contribution in [0.1, 0.15) is 35.7 Å². The number of hydrogen-bond acceptors (Lipinski definition) is 4. The quantitative estimate of drug-likeness (QED) is 0.781. The molecule has 0 saturated carbocycles. The number of piperidine rings is 1. The normalized spacial score (nSPS) is 22.2. The maximum absolute atomic E-state index is 12.4. The van der Waals surface area contributed by atoms with Gasteiger partial charge in [-0.3, -0.25) is 9.78 Å². The minimum absolute atomic E-state index is 0.0829. The van der Waals surface area contributed by atoms with Crippen molar-refractivity contribution >= 4 is 5.91 Å². The van der Waals surface area contributed by atoms with Crippen LogP contribution >= 0.6 is 0 Å². The smallest absolute Gasteiger partial charge is 0.252 e. The average Bonchev–Trinajstić information content (AvgIpc) is 2.49. The van der Waals surface area contributed by atoms with Gasteiger partial charge in [0, 0.05) is 31.0 Å². The zero-order valence-electron chi connectivity index (χ0n) is 12.6. The van der Waals surface area contributed by atoms with Crippen LogP contribution in [0.4, 0.5) is 0 Å². The van der Waals surface area contributed by atoms with Gasteiger partial charge in [-0.15, -0.1) is 0 Å². The van der Waals surface area contributed by atoms with Gasteiger partial charge in [0.15, 0.2) is 0 Å². The van der Waals surface area contributed by atoms with Gasteiger partial charge in [-0.2, -0.15) is 0 Å². The first-order chi connectivity index (χ1) is 10.1. The van der Waals surface area contributed by atoms with E-state index in [-0.39, 0.29) is 18.5 Å². The average molecular weight is 286 g/mol. The number of nitrogens with two attached hydrogens (primary N) is 1. The first-order valence-electron chi connectivity index (χ1n) is 7.26. The zero-order chi connectivity index (χ0) is 15.2. The lowest BCUT2D eigenvalue weighted by Crippen LogP contribution is -2.47. The largest absolute Gasteiger partial charge is 0.349 e. The van der Waals surface area contributed by atoms with Gasteiger partial charge in [-0.1, -0.05) is 11.8 Å². The lowest BCUT2D eigenvalue weighted by atomic mass is 9.98. The Bertz CT molecular complexity index is 561. The fraction of sp³-hybridized carbons (Fsp3) is 0.500. The molecule has 1 amide bonds. The van der Waals surface area contributed by atoms with E-state index in [1.165, 1.54) is 0 Å². The molecule has 1 saturated heterocycles. The summed E-state index contributed by atoms with van der Waals surface area (Å²) in [6.45, 7) is 3.45. The molecule has 2 unspecified atom stereocenters. The third kappa shape index (κ3) is 4.03. The van der Waals surface area contributed by atoms with Crippen LogP contribution in [0, 0.1) is 11.8 Å². The summed E-state index contributed by atoms with van der Waals surface area (Å²) in [6.07, 6.45) is 5.16.